The first-order valence-electron chi connectivity index (χ1n) is 7.41. The monoisotopic (exact) mass is 271 g/mol. The number of nitrogens with two attached hydrogens (primary N) is 1. The second-order valence-electron chi connectivity index (χ2n) is 5.44. The molecule has 2 unspecified atom stereocenters. The quantitative estimate of drug-likeness (QED) is 0.908. The molecule has 0 saturated carbocycles. The minimum atomic E-state index is 0.0248. The van der Waals surface area contributed by atoms with Crippen LogP contribution in [0.25, 0.3) is 11.0 Å². The Morgan fingerprint density at radius 3 is 3.05 bits per heavy atom. The number of aromatic nitrogens is 2. The van der Waals surface area contributed by atoms with Crippen molar-refractivity contribution in [3.63, 3.8) is 0 Å². The number of fused-ring (bicyclic) bond motifs is 1. The van der Waals surface area contributed by atoms with Crippen LogP contribution in [0.2, 0.25) is 0 Å². The van der Waals surface area contributed by atoms with Gasteiger partial charge in [-0.05, 0) is 43.7 Å². The summed E-state index contributed by atoms with van der Waals surface area (Å²) in [4.78, 5) is 8.75. The molecule has 0 amide bonds. The number of para-hydroxylation sites is 1. The second-order valence-corrected chi connectivity index (χ2v) is 5.44. The Hall–Kier alpha value is -1.52. The number of rotatable bonds is 5. The summed E-state index contributed by atoms with van der Waals surface area (Å²) < 4.78 is 5.65. The molecule has 20 heavy (non-hydrogen) atoms. The molecule has 1 aromatic carbocycles. The molecule has 1 saturated heterocycles. The molecule has 0 radical (unpaired) electrons. The zero-order chi connectivity index (χ0) is 13.8. The Balaban J connectivity index is 1.64. The summed E-state index contributed by atoms with van der Waals surface area (Å²) >= 11 is 0. The van der Waals surface area contributed by atoms with Crippen molar-refractivity contribution in [2.24, 2.45) is 5.73 Å². The first kappa shape index (κ1) is 13.5. The molecule has 106 valence electrons. The maximum atomic E-state index is 6.34. The molecule has 2 atom stereocenters. The lowest BCUT2D eigenvalue weighted by atomic mass is 9.99. The number of hydrogen-bond acceptors (Lipinski definition) is 4. The lowest BCUT2D eigenvalue weighted by molar-refractivity contribution is 0.101. The molecule has 0 aliphatic carbocycles. The summed E-state index contributed by atoms with van der Waals surface area (Å²) in [6.07, 6.45) is 9.49. The van der Waals surface area contributed by atoms with Crippen LogP contribution in [0.4, 0.5) is 0 Å². The second kappa shape index (κ2) is 6.29. The summed E-state index contributed by atoms with van der Waals surface area (Å²) in [5.41, 5.74) is 9.28. The molecule has 0 spiro atoms. The van der Waals surface area contributed by atoms with Crippen LogP contribution in [0.1, 0.15) is 43.7 Å². The van der Waals surface area contributed by atoms with Gasteiger partial charge in [-0.15, -0.1) is 0 Å². The zero-order valence-electron chi connectivity index (χ0n) is 11.7. The van der Waals surface area contributed by atoms with Gasteiger partial charge in [0, 0.05) is 25.0 Å². The largest absolute Gasteiger partial charge is 0.378 e. The van der Waals surface area contributed by atoms with Gasteiger partial charge in [-0.3, -0.25) is 9.97 Å². The summed E-state index contributed by atoms with van der Waals surface area (Å²) in [5.74, 6) is 0. The van der Waals surface area contributed by atoms with Crippen LogP contribution in [0.15, 0.2) is 30.6 Å². The van der Waals surface area contributed by atoms with Gasteiger partial charge >= 0.3 is 0 Å². The molecule has 1 aliphatic heterocycles. The van der Waals surface area contributed by atoms with Crippen molar-refractivity contribution >= 4 is 11.0 Å². The molecule has 4 heteroatoms. The zero-order valence-corrected chi connectivity index (χ0v) is 11.7. The van der Waals surface area contributed by atoms with E-state index in [1.54, 1.807) is 12.4 Å². The van der Waals surface area contributed by atoms with Gasteiger partial charge < -0.3 is 10.5 Å². The maximum absolute atomic E-state index is 6.34. The average molecular weight is 271 g/mol. The van der Waals surface area contributed by atoms with Gasteiger partial charge in [0.05, 0.1) is 17.1 Å². The van der Waals surface area contributed by atoms with Crippen LogP contribution < -0.4 is 5.73 Å². The van der Waals surface area contributed by atoms with E-state index in [1.165, 1.54) is 12.8 Å². The fraction of sp³-hybridized carbons (Fsp3) is 0.500. The van der Waals surface area contributed by atoms with Gasteiger partial charge in [-0.25, -0.2) is 0 Å². The van der Waals surface area contributed by atoms with E-state index in [2.05, 4.69) is 16.0 Å². The molecule has 2 N–H and O–H groups in total. The van der Waals surface area contributed by atoms with E-state index in [0.29, 0.717) is 6.10 Å². The molecular formula is C16H21N3O. The van der Waals surface area contributed by atoms with Gasteiger partial charge in [0.25, 0.3) is 0 Å². The summed E-state index contributed by atoms with van der Waals surface area (Å²) in [6.45, 7) is 0.926. The topological polar surface area (TPSA) is 61.0 Å². The summed E-state index contributed by atoms with van der Waals surface area (Å²) in [6, 6.07) is 6.07. The van der Waals surface area contributed by atoms with Crippen LogP contribution in [0, 0.1) is 0 Å². The van der Waals surface area contributed by atoms with Crippen LogP contribution >= 0.6 is 0 Å². The third-order valence-electron chi connectivity index (χ3n) is 3.99. The number of benzene rings is 1. The van der Waals surface area contributed by atoms with E-state index >= 15 is 0 Å². The molecule has 4 nitrogen and oxygen atoms in total. The van der Waals surface area contributed by atoms with Crippen LogP contribution in [0.5, 0.6) is 0 Å². The van der Waals surface area contributed by atoms with Crippen LogP contribution in [-0.4, -0.2) is 22.7 Å². The summed E-state index contributed by atoms with van der Waals surface area (Å²) in [7, 11) is 0. The molecule has 3 rings (SSSR count). The number of hydrogen-bond donors (Lipinski definition) is 1. The predicted octanol–water partition coefficient (Wildman–Crippen LogP) is 2.98. The first-order chi connectivity index (χ1) is 9.84. The van der Waals surface area contributed by atoms with E-state index in [0.717, 1.165) is 42.5 Å². The standard InChI is InChI=1S/C16H21N3O/c17-14(7-1-4-12-5-3-11-20-12)13-6-2-8-15-16(13)19-10-9-18-15/h2,6,8-10,12,14H,1,3-5,7,11,17H2. The van der Waals surface area contributed by atoms with Gasteiger partial charge in [-0.1, -0.05) is 12.1 Å². The fourth-order valence-corrected chi connectivity index (χ4v) is 2.91. The van der Waals surface area contributed by atoms with Gasteiger partial charge in [0.1, 0.15) is 0 Å². The highest BCUT2D eigenvalue weighted by atomic mass is 16.5. The molecule has 0 bridgehead atoms. The molecular weight excluding hydrogens is 250 g/mol. The van der Waals surface area contributed by atoms with E-state index in [1.807, 2.05) is 12.1 Å². The Morgan fingerprint density at radius 2 is 2.20 bits per heavy atom. The molecule has 1 fully saturated rings. The lowest BCUT2D eigenvalue weighted by Gasteiger charge is -2.15. The first-order valence-corrected chi connectivity index (χ1v) is 7.41. The highest BCUT2D eigenvalue weighted by Gasteiger charge is 2.16. The van der Waals surface area contributed by atoms with Crippen molar-refractivity contribution in [2.75, 3.05) is 6.61 Å². The van der Waals surface area contributed by atoms with Crippen molar-refractivity contribution in [3.05, 3.63) is 36.2 Å². The van der Waals surface area contributed by atoms with Crippen LogP contribution in [0.3, 0.4) is 0 Å². The summed E-state index contributed by atoms with van der Waals surface area (Å²) in [5, 5.41) is 0. The van der Waals surface area contributed by atoms with Crippen molar-refractivity contribution in [3.8, 4) is 0 Å². The SMILES string of the molecule is NC(CCCC1CCCO1)c1cccc2nccnc12. The normalized spacial score (nSPS) is 20.4. The van der Waals surface area contributed by atoms with Crippen molar-refractivity contribution in [1.29, 1.82) is 0 Å². The average Bonchev–Trinajstić information content (AvgIpc) is 3.00. The maximum Gasteiger partial charge on any atom is 0.0934 e. The smallest absolute Gasteiger partial charge is 0.0934 e. The highest BCUT2D eigenvalue weighted by molar-refractivity contribution is 5.77. The Bertz CT molecular complexity index is 561. The third-order valence-corrected chi connectivity index (χ3v) is 3.99. The van der Waals surface area contributed by atoms with Gasteiger partial charge in [-0.2, -0.15) is 0 Å². The number of ether oxygens (including phenoxy) is 1. The Labute approximate surface area is 119 Å². The van der Waals surface area contributed by atoms with E-state index in [4.69, 9.17) is 10.5 Å². The molecule has 1 aromatic heterocycles. The van der Waals surface area contributed by atoms with E-state index in [9.17, 15) is 0 Å². The number of nitrogens with zero attached hydrogens (tertiary/aromatic N) is 2. The van der Waals surface area contributed by atoms with Crippen molar-refractivity contribution in [2.45, 2.75) is 44.2 Å². The fourth-order valence-electron chi connectivity index (χ4n) is 2.91. The molecule has 1 aliphatic rings. The van der Waals surface area contributed by atoms with Crippen LogP contribution in [-0.2, 0) is 4.74 Å². The van der Waals surface area contributed by atoms with E-state index in [-0.39, 0.29) is 6.04 Å². The third kappa shape index (κ3) is 2.97. The minimum absolute atomic E-state index is 0.0248. The van der Waals surface area contributed by atoms with Crippen molar-refractivity contribution in [1.82, 2.24) is 9.97 Å². The van der Waals surface area contributed by atoms with Gasteiger partial charge in [0.15, 0.2) is 0 Å². The van der Waals surface area contributed by atoms with Gasteiger partial charge in [0.2, 0.25) is 0 Å². The Morgan fingerprint density at radius 1 is 1.30 bits per heavy atom. The Kier molecular flexibility index (Phi) is 4.23. The lowest BCUT2D eigenvalue weighted by Crippen LogP contribution is -2.13. The predicted molar refractivity (Wildman–Crippen MR) is 79.3 cm³/mol. The van der Waals surface area contributed by atoms with E-state index < -0.39 is 0 Å². The highest BCUT2D eigenvalue weighted by Crippen LogP contribution is 2.25. The minimum Gasteiger partial charge on any atom is -0.378 e. The molecule has 2 heterocycles. The van der Waals surface area contributed by atoms with Crippen molar-refractivity contribution < 1.29 is 4.74 Å². The molecule has 2 aromatic rings.